The average Bonchev–Trinajstić information content (AvgIpc) is 2.78. The minimum atomic E-state index is 0.219. The van der Waals surface area contributed by atoms with E-state index >= 15 is 0 Å². The van der Waals surface area contributed by atoms with E-state index in [9.17, 15) is 4.79 Å². The highest BCUT2D eigenvalue weighted by atomic mass is 16.5. The van der Waals surface area contributed by atoms with Gasteiger partial charge in [0.1, 0.15) is 5.75 Å². The Labute approximate surface area is 126 Å². The fraction of sp³-hybridized carbons (Fsp3) is 0.588. The van der Waals surface area contributed by atoms with Crippen molar-refractivity contribution in [3.8, 4) is 5.75 Å². The molecule has 2 heterocycles. The van der Waals surface area contributed by atoms with Crippen molar-refractivity contribution in [2.45, 2.75) is 44.7 Å². The maximum atomic E-state index is 12.3. The number of aryl methyl sites for hydroxylation is 1. The molecule has 2 fully saturated rings. The van der Waals surface area contributed by atoms with Crippen molar-refractivity contribution in [3.63, 3.8) is 0 Å². The summed E-state index contributed by atoms with van der Waals surface area (Å²) in [6.07, 6.45) is 4.02. The van der Waals surface area contributed by atoms with Gasteiger partial charge < -0.3 is 15.0 Å². The third-order valence-electron chi connectivity index (χ3n) is 4.45. The number of nitrogens with one attached hydrogen (secondary N) is 1. The Morgan fingerprint density at radius 2 is 2.19 bits per heavy atom. The zero-order valence-corrected chi connectivity index (χ0v) is 12.7. The molecular weight excluding hydrogens is 264 g/mol. The number of hydrogen-bond acceptors (Lipinski definition) is 3. The summed E-state index contributed by atoms with van der Waals surface area (Å²) < 4.78 is 5.68. The monoisotopic (exact) mass is 288 g/mol. The van der Waals surface area contributed by atoms with E-state index in [4.69, 9.17) is 4.74 Å². The molecule has 0 saturated carbocycles. The molecule has 114 valence electrons. The highest BCUT2D eigenvalue weighted by Gasteiger charge is 2.30. The molecule has 4 nitrogen and oxygen atoms in total. The van der Waals surface area contributed by atoms with E-state index in [-0.39, 0.29) is 5.91 Å². The van der Waals surface area contributed by atoms with Gasteiger partial charge in [-0.05, 0) is 43.9 Å². The quantitative estimate of drug-likeness (QED) is 0.922. The molecule has 2 bridgehead atoms. The number of carbonyl (C=O) groups is 1. The number of carbonyl (C=O) groups excluding carboxylic acids is 1. The third kappa shape index (κ3) is 3.76. The average molecular weight is 288 g/mol. The van der Waals surface area contributed by atoms with Gasteiger partial charge in [-0.25, -0.2) is 0 Å². The Morgan fingerprint density at radius 3 is 3.05 bits per heavy atom. The molecule has 1 N–H and O–H groups in total. The molecule has 4 heteroatoms. The first-order valence-corrected chi connectivity index (χ1v) is 7.94. The van der Waals surface area contributed by atoms with E-state index in [0.29, 0.717) is 25.1 Å². The van der Waals surface area contributed by atoms with Crippen LogP contribution in [0.5, 0.6) is 5.75 Å². The van der Waals surface area contributed by atoms with E-state index in [1.54, 1.807) is 0 Å². The molecule has 0 aliphatic carbocycles. The van der Waals surface area contributed by atoms with Gasteiger partial charge in [-0.1, -0.05) is 12.1 Å². The maximum absolute atomic E-state index is 12.3. The van der Waals surface area contributed by atoms with Gasteiger partial charge in [0.2, 0.25) is 5.91 Å². The predicted molar refractivity (Wildman–Crippen MR) is 82.4 cm³/mol. The van der Waals surface area contributed by atoms with Gasteiger partial charge in [0, 0.05) is 25.2 Å². The molecule has 21 heavy (non-hydrogen) atoms. The molecule has 1 amide bonds. The molecule has 2 aliphatic heterocycles. The Hall–Kier alpha value is -1.55. The Kier molecular flexibility index (Phi) is 4.44. The van der Waals surface area contributed by atoms with Crippen molar-refractivity contribution in [2.75, 3.05) is 19.7 Å². The fourth-order valence-corrected chi connectivity index (χ4v) is 3.29. The smallest absolute Gasteiger partial charge is 0.226 e. The maximum Gasteiger partial charge on any atom is 0.226 e. The number of benzene rings is 1. The lowest BCUT2D eigenvalue weighted by Crippen LogP contribution is -2.39. The summed E-state index contributed by atoms with van der Waals surface area (Å²) in [5, 5.41) is 3.60. The first-order chi connectivity index (χ1) is 10.2. The molecule has 0 aromatic heterocycles. The van der Waals surface area contributed by atoms with Crippen molar-refractivity contribution in [1.29, 1.82) is 0 Å². The van der Waals surface area contributed by atoms with Gasteiger partial charge in [-0.2, -0.15) is 0 Å². The van der Waals surface area contributed by atoms with Gasteiger partial charge in [0.05, 0.1) is 13.0 Å². The van der Waals surface area contributed by atoms with Crippen molar-refractivity contribution < 1.29 is 9.53 Å². The number of ether oxygens (including phenoxy) is 1. The van der Waals surface area contributed by atoms with Crippen LogP contribution in [-0.2, 0) is 4.79 Å². The fourth-order valence-electron chi connectivity index (χ4n) is 3.29. The molecule has 1 aromatic rings. The molecule has 2 atom stereocenters. The second-order valence-electron chi connectivity index (χ2n) is 6.18. The van der Waals surface area contributed by atoms with Crippen LogP contribution in [0.4, 0.5) is 0 Å². The van der Waals surface area contributed by atoms with Crippen LogP contribution in [0.15, 0.2) is 24.3 Å². The number of amides is 1. The van der Waals surface area contributed by atoms with E-state index < -0.39 is 0 Å². The summed E-state index contributed by atoms with van der Waals surface area (Å²) in [4.78, 5) is 14.3. The summed E-state index contributed by atoms with van der Waals surface area (Å²) in [5.41, 5.74) is 1.17. The number of nitrogens with zero attached hydrogens (tertiary/aromatic N) is 1. The molecular formula is C17H24N2O2. The lowest BCUT2D eigenvalue weighted by molar-refractivity contribution is -0.131. The van der Waals surface area contributed by atoms with Crippen LogP contribution in [0, 0.1) is 6.92 Å². The lowest BCUT2D eigenvalue weighted by Gasteiger charge is -2.24. The highest BCUT2D eigenvalue weighted by molar-refractivity contribution is 5.76. The van der Waals surface area contributed by atoms with E-state index in [1.807, 2.05) is 36.1 Å². The van der Waals surface area contributed by atoms with Crippen molar-refractivity contribution in [3.05, 3.63) is 29.8 Å². The predicted octanol–water partition coefficient (Wildman–Crippen LogP) is 2.12. The number of rotatable bonds is 4. The lowest BCUT2D eigenvalue weighted by atomic mass is 10.1. The standard InChI is InChI=1S/C17H24N2O2/c1-13-3-2-4-16(11-13)21-10-8-17(20)19-9-7-14-5-6-15(12-19)18-14/h2-4,11,14-15,18H,5-10,12H2,1H3. The van der Waals surface area contributed by atoms with E-state index in [2.05, 4.69) is 5.32 Å². The number of hydrogen-bond donors (Lipinski definition) is 1. The van der Waals surface area contributed by atoms with Crippen LogP contribution >= 0.6 is 0 Å². The van der Waals surface area contributed by atoms with Gasteiger partial charge in [0.25, 0.3) is 0 Å². The van der Waals surface area contributed by atoms with Crippen LogP contribution in [0.1, 0.15) is 31.2 Å². The highest BCUT2D eigenvalue weighted by Crippen LogP contribution is 2.21. The van der Waals surface area contributed by atoms with Gasteiger partial charge in [0.15, 0.2) is 0 Å². The Bertz CT molecular complexity index is 503. The zero-order chi connectivity index (χ0) is 14.7. The molecule has 2 saturated heterocycles. The molecule has 2 unspecified atom stereocenters. The summed E-state index contributed by atoms with van der Waals surface area (Å²) in [6.45, 7) is 4.24. The SMILES string of the molecule is Cc1cccc(OCCC(=O)N2CCC3CCC(C2)N3)c1. The minimum Gasteiger partial charge on any atom is -0.493 e. The third-order valence-corrected chi connectivity index (χ3v) is 4.45. The molecule has 0 spiro atoms. The van der Waals surface area contributed by atoms with Gasteiger partial charge in [-0.3, -0.25) is 4.79 Å². The Balaban J connectivity index is 1.45. The summed E-state index contributed by atoms with van der Waals surface area (Å²) in [7, 11) is 0. The summed E-state index contributed by atoms with van der Waals surface area (Å²) in [5.74, 6) is 1.07. The molecule has 2 aliphatic rings. The van der Waals surface area contributed by atoms with Crippen LogP contribution in [0.3, 0.4) is 0 Å². The summed E-state index contributed by atoms with van der Waals surface area (Å²) >= 11 is 0. The van der Waals surface area contributed by atoms with Gasteiger partial charge >= 0.3 is 0 Å². The van der Waals surface area contributed by atoms with Crippen LogP contribution in [0.25, 0.3) is 0 Å². The second kappa shape index (κ2) is 6.48. The second-order valence-corrected chi connectivity index (χ2v) is 6.18. The summed E-state index contributed by atoms with van der Waals surface area (Å²) in [6, 6.07) is 9.07. The van der Waals surface area contributed by atoms with Crippen LogP contribution in [0.2, 0.25) is 0 Å². The zero-order valence-electron chi connectivity index (χ0n) is 12.7. The molecule has 3 rings (SSSR count). The van der Waals surface area contributed by atoms with Crippen LogP contribution < -0.4 is 10.1 Å². The normalized spacial score (nSPS) is 24.7. The number of fused-ring (bicyclic) bond motifs is 2. The minimum absolute atomic E-state index is 0.219. The first-order valence-electron chi connectivity index (χ1n) is 7.94. The van der Waals surface area contributed by atoms with Crippen molar-refractivity contribution >= 4 is 5.91 Å². The van der Waals surface area contributed by atoms with Crippen LogP contribution in [-0.4, -0.2) is 42.6 Å². The largest absolute Gasteiger partial charge is 0.493 e. The topological polar surface area (TPSA) is 41.6 Å². The van der Waals surface area contributed by atoms with Crippen molar-refractivity contribution in [2.24, 2.45) is 0 Å². The Morgan fingerprint density at radius 1 is 1.33 bits per heavy atom. The van der Waals surface area contributed by atoms with Gasteiger partial charge in [-0.15, -0.1) is 0 Å². The van der Waals surface area contributed by atoms with E-state index in [0.717, 1.165) is 25.3 Å². The van der Waals surface area contributed by atoms with Crippen molar-refractivity contribution in [1.82, 2.24) is 10.2 Å². The first kappa shape index (κ1) is 14.4. The number of likely N-dealkylation sites (tertiary alicyclic amines) is 1. The van der Waals surface area contributed by atoms with E-state index in [1.165, 1.54) is 18.4 Å². The molecule has 0 radical (unpaired) electrons. The molecule has 1 aromatic carbocycles.